The summed E-state index contributed by atoms with van der Waals surface area (Å²) in [4.78, 5) is 14.2. The lowest BCUT2D eigenvalue weighted by molar-refractivity contribution is 0.0184. The average molecular weight is 564 g/mol. The Morgan fingerprint density at radius 1 is 1.20 bits per heavy atom. The highest BCUT2D eigenvalue weighted by Gasteiger charge is 2.29. The first kappa shape index (κ1) is 27.3. The number of pyridine rings is 1. The summed E-state index contributed by atoms with van der Waals surface area (Å²) >= 11 is 6.10. The summed E-state index contributed by atoms with van der Waals surface area (Å²) in [6.07, 6.45) is 5.43. The SMILES string of the molecule is Cc1c(-c2cc(OC(C)c3cc(Cl)cnn3)c3c(C#N)cnn3c2)nnn1C1CCN(C(=O)OC(C)(C)C)CC1. The Hall–Kier alpha value is -4.24. The molecule has 12 nitrogen and oxygen atoms in total. The molecule has 0 spiro atoms. The second-order valence-electron chi connectivity index (χ2n) is 10.8. The number of aromatic nitrogens is 7. The molecule has 0 saturated carbocycles. The van der Waals surface area contributed by atoms with Gasteiger partial charge in [-0.1, -0.05) is 16.8 Å². The molecule has 40 heavy (non-hydrogen) atoms. The van der Waals surface area contributed by atoms with E-state index < -0.39 is 11.7 Å². The normalized spacial score (nSPS) is 15.2. The molecule has 0 bridgehead atoms. The van der Waals surface area contributed by atoms with E-state index in [0.717, 1.165) is 24.1 Å². The van der Waals surface area contributed by atoms with Gasteiger partial charge in [-0.2, -0.15) is 20.6 Å². The molecule has 5 rings (SSSR count). The van der Waals surface area contributed by atoms with Gasteiger partial charge in [-0.3, -0.25) is 0 Å². The van der Waals surface area contributed by atoms with Gasteiger partial charge in [-0.25, -0.2) is 14.0 Å². The maximum atomic E-state index is 12.5. The first-order valence-corrected chi connectivity index (χ1v) is 13.4. The molecule has 0 aromatic carbocycles. The van der Waals surface area contributed by atoms with Crippen molar-refractivity contribution in [3.8, 4) is 23.1 Å². The minimum Gasteiger partial charge on any atom is -0.482 e. The zero-order valence-corrected chi connectivity index (χ0v) is 23.8. The van der Waals surface area contributed by atoms with Crippen LogP contribution < -0.4 is 4.74 Å². The van der Waals surface area contributed by atoms with E-state index in [0.29, 0.717) is 46.3 Å². The van der Waals surface area contributed by atoms with Crippen LogP contribution >= 0.6 is 11.6 Å². The molecule has 1 aliphatic rings. The number of carbonyl (C=O) groups excluding carboxylic acids is 1. The number of hydrogen-bond acceptors (Lipinski definition) is 9. The molecule has 5 heterocycles. The quantitative estimate of drug-likeness (QED) is 0.331. The Kier molecular flexibility index (Phi) is 7.33. The summed E-state index contributed by atoms with van der Waals surface area (Å²) in [5.41, 5.74) is 3.21. The molecule has 0 aliphatic carbocycles. The van der Waals surface area contributed by atoms with Crippen molar-refractivity contribution in [2.75, 3.05) is 13.1 Å². The molecule has 1 unspecified atom stereocenters. The molecule has 13 heteroatoms. The van der Waals surface area contributed by atoms with Gasteiger partial charge in [0.1, 0.15) is 46.0 Å². The summed E-state index contributed by atoms with van der Waals surface area (Å²) in [5, 5.41) is 31.5. The molecule has 4 aromatic rings. The van der Waals surface area contributed by atoms with Crippen LogP contribution in [0.2, 0.25) is 5.02 Å². The second kappa shape index (κ2) is 10.7. The van der Waals surface area contributed by atoms with Crippen molar-refractivity contribution in [1.29, 1.82) is 5.26 Å². The van der Waals surface area contributed by atoms with Crippen molar-refractivity contribution in [2.45, 2.75) is 65.2 Å². The third kappa shape index (κ3) is 5.56. The smallest absolute Gasteiger partial charge is 0.410 e. The number of fused-ring (bicyclic) bond motifs is 1. The molecule has 1 fully saturated rings. The molecular formula is C27H30ClN9O3. The Morgan fingerprint density at radius 2 is 1.95 bits per heavy atom. The third-order valence-corrected chi connectivity index (χ3v) is 6.93. The fourth-order valence-corrected chi connectivity index (χ4v) is 4.92. The number of halogens is 1. The summed E-state index contributed by atoms with van der Waals surface area (Å²) < 4.78 is 15.3. The Morgan fingerprint density at radius 3 is 2.62 bits per heavy atom. The highest BCUT2D eigenvalue weighted by molar-refractivity contribution is 6.30. The second-order valence-corrected chi connectivity index (χ2v) is 11.2. The van der Waals surface area contributed by atoms with Gasteiger partial charge >= 0.3 is 6.09 Å². The largest absolute Gasteiger partial charge is 0.482 e. The van der Waals surface area contributed by atoms with E-state index in [1.54, 1.807) is 21.7 Å². The van der Waals surface area contributed by atoms with Gasteiger partial charge in [-0.05, 0) is 59.6 Å². The van der Waals surface area contributed by atoms with Crippen molar-refractivity contribution in [2.24, 2.45) is 0 Å². The topological polar surface area (TPSA) is 136 Å². The van der Waals surface area contributed by atoms with Crippen LogP contribution in [0.1, 0.15) is 69.6 Å². The van der Waals surface area contributed by atoms with Gasteiger partial charge in [0.25, 0.3) is 0 Å². The lowest BCUT2D eigenvalue weighted by Gasteiger charge is -2.33. The standard InChI is InChI=1S/C27H30ClN9O3/c1-16-24(33-34-37(16)21-6-8-35(9-7-21)26(38)40-27(3,4)5)18-10-23(25-19(12-29)13-31-36(25)15-18)39-17(2)22-11-20(28)14-30-32-22/h10-11,13-15,17,21H,6-9H2,1-5H3. The van der Waals surface area contributed by atoms with Crippen LogP contribution in [0.25, 0.3) is 16.8 Å². The summed E-state index contributed by atoms with van der Waals surface area (Å²) in [5.74, 6) is 0.445. The predicted molar refractivity (Wildman–Crippen MR) is 146 cm³/mol. The molecule has 4 aromatic heterocycles. The predicted octanol–water partition coefficient (Wildman–Crippen LogP) is 4.93. The number of rotatable bonds is 5. The Labute approximate surface area is 236 Å². The van der Waals surface area contributed by atoms with E-state index >= 15 is 0 Å². The number of amides is 1. The van der Waals surface area contributed by atoms with E-state index in [2.05, 4.69) is 31.7 Å². The maximum absolute atomic E-state index is 12.5. The number of nitrogens with zero attached hydrogens (tertiary/aromatic N) is 9. The van der Waals surface area contributed by atoms with E-state index in [9.17, 15) is 10.1 Å². The van der Waals surface area contributed by atoms with Crippen LogP contribution in [0, 0.1) is 18.3 Å². The van der Waals surface area contributed by atoms with Gasteiger partial charge in [0.2, 0.25) is 0 Å². The van der Waals surface area contributed by atoms with Crippen molar-refractivity contribution in [3.63, 3.8) is 0 Å². The van der Waals surface area contributed by atoms with Crippen molar-refractivity contribution >= 4 is 23.2 Å². The number of likely N-dealkylation sites (tertiary alicyclic amines) is 1. The van der Waals surface area contributed by atoms with Crippen LogP contribution in [-0.2, 0) is 4.74 Å². The number of ether oxygens (including phenoxy) is 2. The lowest BCUT2D eigenvalue weighted by Crippen LogP contribution is -2.42. The first-order chi connectivity index (χ1) is 19.0. The number of nitriles is 1. The summed E-state index contributed by atoms with van der Waals surface area (Å²) in [6.45, 7) is 10.5. The maximum Gasteiger partial charge on any atom is 0.410 e. The fourth-order valence-electron chi connectivity index (χ4n) is 4.77. The number of piperidine rings is 1. The van der Waals surface area contributed by atoms with Crippen LogP contribution in [0.3, 0.4) is 0 Å². The van der Waals surface area contributed by atoms with Gasteiger partial charge in [-0.15, -0.1) is 5.10 Å². The molecule has 1 amide bonds. The number of hydrogen-bond donors (Lipinski definition) is 0. The molecular weight excluding hydrogens is 534 g/mol. The Balaban J connectivity index is 1.41. The van der Waals surface area contributed by atoms with E-state index in [1.165, 1.54) is 12.4 Å². The lowest BCUT2D eigenvalue weighted by atomic mass is 10.0. The van der Waals surface area contributed by atoms with Gasteiger partial charge in [0, 0.05) is 24.8 Å². The molecule has 0 radical (unpaired) electrons. The van der Waals surface area contributed by atoms with Crippen LogP contribution in [0.4, 0.5) is 4.79 Å². The van der Waals surface area contributed by atoms with Gasteiger partial charge in [0.05, 0.1) is 29.2 Å². The van der Waals surface area contributed by atoms with E-state index in [4.69, 9.17) is 21.1 Å². The minimum atomic E-state index is -0.531. The van der Waals surface area contributed by atoms with Crippen molar-refractivity contribution < 1.29 is 14.3 Å². The van der Waals surface area contributed by atoms with Gasteiger partial charge in [0.15, 0.2) is 0 Å². The molecule has 0 N–H and O–H groups in total. The van der Waals surface area contributed by atoms with E-state index in [-0.39, 0.29) is 12.1 Å². The van der Waals surface area contributed by atoms with E-state index in [1.807, 2.05) is 45.4 Å². The van der Waals surface area contributed by atoms with Crippen molar-refractivity contribution in [3.05, 3.63) is 52.7 Å². The molecule has 208 valence electrons. The summed E-state index contributed by atoms with van der Waals surface area (Å²) in [7, 11) is 0. The fraction of sp³-hybridized carbons (Fsp3) is 0.444. The van der Waals surface area contributed by atoms with Crippen molar-refractivity contribution in [1.82, 2.24) is 39.7 Å². The minimum absolute atomic E-state index is 0.0932. The van der Waals surface area contributed by atoms with Crippen LogP contribution in [0.15, 0.2) is 30.7 Å². The Bertz CT molecular complexity index is 1590. The number of carbonyl (C=O) groups is 1. The molecule has 1 aliphatic heterocycles. The van der Waals surface area contributed by atoms with Crippen LogP contribution in [-0.4, -0.2) is 64.5 Å². The third-order valence-electron chi connectivity index (χ3n) is 6.72. The van der Waals surface area contributed by atoms with Gasteiger partial charge < -0.3 is 14.4 Å². The average Bonchev–Trinajstić information content (AvgIpc) is 3.51. The molecule has 1 atom stereocenters. The zero-order chi connectivity index (χ0) is 28.6. The zero-order valence-electron chi connectivity index (χ0n) is 23.0. The highest BCUT2D eigenvalue weighted by Crippen LogP contribution is 2.34. The molecule has 1 saturated heterocycles. The monoisotopic (exact) mass is 563 g/mol. The highest BCUT2D eigenvalue weighted by atomic mass is 35.5. The first-order valence-electron chi connectivity index (χ1n) is 13.0. The summed E-state index contributed by atoms with van der Waals surface area (Å²) in [6, 6.07) is 5.78. The van der Waals surface area contributed by atoms with Crippen LogP contribution in [0.5, 0.6) is 5.75 Å².